The van der Waals surface area contributed by atoms with Crippen molar-refractivity contribution in [3.05, 3.63) is 23.7 Å². The number of aryl methyl sites for hydroxylation is 1. The molecule has 0 saturated carbocycles. The molecule has 17 heavy (non-hydrogen) atoms. The standard InChI is InChI=1S/C13H22N2O2/c1-5-15(6-2)10-13(16)14(4)9-12-8-7-11(3)17-12/h7-8H,5-6,9-10H2,1-4H3. The molecule has 0 unspecified atom stereocenters. The van der Waals surface area contributed by atoms with Crippen molar-refractivity contribution in [2.24, 2.45) is 0 Å². The molecule has 0 aromatic carbocycles. The highest BCUT2D eigenvalue weighted by Gasteiger charge is 2.13. The number of likely N-dealkylation sites (N-methyl/N-ethyl adjacent to an activating group) is 2. The third-order valence-electron chi connectivity index (χ3n) is 2.87. The van der Waals surface area contributed by atoms with Crippen molar-refractivity contribution in [3.63, 3.8) is 0 Å². The minimum Gasteiger partial charge on any atom is -0.464 e. The van der Waals surface area contributed by atoms with E-state index in [1.54, 1.807) is 4.90 Å². The molecule has 0 N–H and O–H groups in total. The molecule has 0 aliphatic carbocycles. The highest BCUT2D eigenvalue weighted by atomic mass is 16.3. The molecule has 0 atom stereocenters. The average molecular weight is 238 g/mol. The van der Waals surface area contributed by atoms with Gasteiger partial charge >= 0.3 is 0 Å². The molecule has 4 heteroatoms. The summed E-state index contributed by atoms with van der Waals surface area (Å²) in [5, 5.41) is 0. The minimum absolute atomic E-state index is 0.128. The second kappa shape index (κ2) is 6.45. The van der Waals surface area contributed by atoms with Gasteiger partial charge in [-0.1, -0.05) is 13.8 Å². The van der Waals surface area contributed by atoms with E-state index >= 15 is 0 Å². The summed E-state index contributed by atoms with van der Waals surface area (Å²) in [4.78, 5) is 15.7. The minimum atomic E-state index is 0.128. The lowest BCUT2D eigenvalue weighted by atomic mass is 10.3. The van der Waals surface area contributed by atoms with E-state index in [2.05, 4.69) is 18.7 Å². The van der Waals surface area contributed by atoms with Crippen LogP contribution in [0.2, 0.25) is 0 Å². The van der Waals surface area contributed by atoms with Gasteiger partial charge in [-0.15, -0.1) is 0 Å². The SMILES string of the molecule is CCN(CC)CC(=O)N(C)Cc1ccc(C)o1. The van der Waals surface area contributed by atoms with Gasteiger partial charge in [0.2, 0.25) is 5.91 Å². The number of rotatable bonds is 6. The van der Waals surface area contributed by atoms with Crippen molar-refractivity contribution in [2.45, 2.75) is 27.3 Å². The summed E-state index contributed by atoms with van der Waals surface area (Å²) in [7, 11) is 1.81. The van der Waals surface area contributed by atoms with E-state index in [0.29, 0.717) is 13.1 Å². The van der Waals surface area contributed by atoms with Gasteiger partial charge in [0.05, 0.1) is 13.1 Å². The molecule has 1 rings (SSSR count). The molecule has 1 aromatic rings. The van der Waals surface area contributed by atoms with Crippen LogP contribution in [-0.2, 0) is 11.3 Å². The first-order valence-corrected chi connectivity index (χ1v) is 6.08. The second-order valence-electron chi connectivity index (χ2n) is 4.22. The number of hydrogen-bond acceptors (Lipinski definition) is 3. The molecular formula is C13H22N2O2. The van der Waals surface area contributed by atoms with Gasteiger partial charge in [0.1, 0.15) is 11.5 Å². The van der Waals surface area contributed by atoms with E-state index in [1.165, 1.54) is 0 Å². The number of amides is 1. The lowest BCUT2D eigenvalue weighted by Gasteiger charge is -2.22. The zero-order valence-corrected chi connectivity index (χ0v) is 11.2. The van der Waals surface area contributed by atoms with Gasteiger partial charge in [0, 0.05) is 7.05 Å². The van der Waals surface area contributed by atoms with Gasteiger partial charge in [0.15, 0.2) is 0 Å². The molecule has 4 nitrogen and oxygen atoms in total. The zero-order valence-electron chi connectivity index (χ0n) is 11.2. The third-order valence-corrected chi connectivity index (χ3v) is 2.87. The maximum absolute atomic E-state index is 11.9. The molecule has 0 aliphatic rings. The molecule has 0 spiro atoms. The van der Waals surface area contributed by atoms with Crippen molar-refractivity contribution in [3.8, 4) is 0 Å². The van der Waals surface area contributed by atoms with E-state index in [9.17, 15) is 4.79 Å². The number of hydrogen-bond donors (Lipinski definition) is 0. The van der Waals surface area contributed by atoms with Crippen LogP contribution in [0.15, 0.2) is 16.5 Å². The number of furan rings is 1. The summed E-state index contributed by atoms with van der Waals surface area (Å²) in [6.45, 7) is 8.84. The van der Waals surface area contributed by atoms with E-state index in [0.717, 1.165) is 24.6 Å². The molecule has 1 aromatic heterocycles. The Morgan fingerprint density at radius 1 is 1.29 bits per heavy atom. The first kappa shape index (κ1) is 13.8. The van der Waals surface area contributed by atoms with Gasteiger partial charge in [-0.3, -0.25) is 9.69 Å². The molecular weight excluding hydrogens is 216 g/mol. The van der Waals surface area contributed by atoms with Gasteiger partial charge in [-0.05, 0) is 32.1 Å². The van der Waals surface area contributed by atoms with E-state index in [1.807, 2.05) is 26.1 Å². The fourth-order valence-electron chi connectivity index (χ4n) is 1.65. The molecule has 0 radical (unpaired) electrons. The van der Waals surface area contributed by atoms with Crippen molar-refractivity contribution in [2.75, 3.05) is 26.7 Å². The Morgan fingerprint density at radius 3 is 2.41 bits per heavy atom. The Labute approximate surface area is 103 Å². The fourth-order valence-corrected chi connectivity index (χ4v) is 1.65. The highest BCUT2D eigenvalue weighted by molar-refractivity contribution is 5.77. The molecule has 0 fully saturated rings. The Balaban J connectivity index is 2.46. The third kappa shape index (κ3) is 4.23. The van der Waals surface area contributed by atoms with Crippen LogP contribution in [0.1, 0.15) is 25.4 Å². The molecule has 0 aliphatic heterocycles. The smallest absolute Gasteiger partial charge is 0.236 e. The summed E-state index contributed by atoms with van der Waals surface area (Å²) in [5.41, 5.74) is 0. The summed E-state index contributed by atoms with van der Waals surface area (Å²) in [5.74, 6) is 1.84. The van der Waals surface area contributed by atoms with Crippen LogP contribution in [-0.4, -0.2) is 42.4 Å². The van der Waals surface area contributed by atoms with Crippen LogP contribution in [0.25, 0.3) is 0 Å². The zero-order chi connectivity index (χ0) is 12.8. The maximum Gasteiger partial charge on any atom is 0.236 e. The van der Waals surface area contributed by atoms with Crippen LogP contribution in [0.3, 0.4) is 0 Å². The summed E-state index contributed by atoms with van der Waals surface area (Å²) in [6, 6.07) is 3.83. The van der Waals surface area contributed by atoms with E-state index in [-0.39, 0.29) is 5.91 Å². The van der Waals surface area contributed by atoms with Gasteiger partial charge in [-0.25, -0.2) is 0 Å². The first-order chi connectivity index (χ1) is 8.06. The van der Waals surface area contributed by atoms with Crippen LogP contribution >= 0.6 is 0 Å². The van der Waals surface area contributed by atoms with E-state index < -0.39 is 0 Å². The van der Waals surface area contributed by atoms with Crippen molar-refractivity contribution < 1.29 is 9.21 Å². The van der Waals surface area contributed by atoms with Crippen LogP contribution < -0.4 is 0 Å². The predicted molar refractivity (Wildman–Crippen MR) is 67.7 cm³/mol. The Hall–Kier alpha value is -1.29. The molecule has 0 saturated heterocycles. The normalized spacial score (nSPS) is 10.9. The Morgan fingerprint density at radius 2 is 1.94 bits per heavy atom. The maximum atomic E-state index is 11.9. The van der Waals surface area contributed by atoms with Gasteiger partial charge in [0.25, 0.3) is 0 Å². The monoisotopic (exact) mass is 238 g/mol. The van der Waals surface area contributed by atoms with Crippen molar-refractivity contribution in [1.29, 1.82) is 0 Å². The average Bonchev–Trinajstić information content (AvgIpc) is 2.71. The van der Waals surface area contributed by atoms with E-state index in [4.69, 9.17) is 4.42 Å². The van der Waals surface area contributed by atoms with Gasteiger partial charge < -0.3 is 9.32 Å². The summed E-state index contributed by atoms with van der Waals surface area (Å²) in [6.07, 6.45) is 0. The molecule has 96 valence electrons. The van der Waals surface area contributed by atoms with Crippen LogP contribution in [0.4, 0.5) is 0 Å². The first-order valence-electron chi connectivity index (χ1n) is 6.08. The topological polar surface area (TPSA) is 36.7 Å². The highest BCUT2D eigenvalue weighted by Crippen LogP contribution is 2.08. The lowest BCUT2D eigenvalue weighted by Crippen LogP contribution is -2.37. The van der Waals surface area contributed by atoms with Crippen LogP contribution in [0.5, 0.6) is 0 Å². The van der Waals surface area contributed by atoms with Gasteiger partial charge in [-0.2, -0.15) is 0 Å². The van der Waals surface area contributed by atoms with Crippen molar-refractivity contribution >= 4 is 5.91 Å². The molecule has 0 bridgehead atoms. The number of carbonyl (C=O) groups is 1. The quantitative estimate of drug-likeness (QED) is 0.759. The largest absolute Gasteiger partial charge is 0.464 e. The number of carbonyl (C=O) groups excluding carboxylic acids is 1. The summed E-state index contributed by atoms with van der Waals surface area (Å²) < 4.78 is 5.45. The fraction of sp³-hybridized carbons (Fsp3) is 0.615. The lowest BCUT2D eigenvalue weighted by molar-refractivity contribution is -0.131. The molecule has 1 heterocycles. The van der Waals surface area contributed by atoms with Crippen LogP contribution in [0, 0.1) is 6.92 Å². The molecule has 1 amide bonds. The second-order valence-corrected chi connectivity index (χ2v) is 4.22. The number of nitrogens with zero attached hydrogens (tertiary/aromatic N) is 2. The Bertz CT molecular complexity index is 356. The summed E-state index contributed by atoms with van der Waals surface area (Å²) >= 11 is 0. The predicted octanol–water partition coefficient (Wildman–Crippen LogP) is 1.89. The Kier molecular flexibility index (Phi) is 5.22. The van der Waals surface area contributed by atoms with Crippen molar-refractivity contribution in [1.82, 2.24) is 9.80 Å².